The zero-order valence-corrected chi connectivity index (χ0v) is 24.8. The summed E-state index contributed by atoms with van der Waals surface area (Å²) >= 11 is 6.41. The van der Waals surface area contributed by atoms with Gasteiger partial charge in [0.15, 0.2) is 5.82 Å². The number of ether oxygens (including phenoxy) is 1. The van der Waals surface area contributed by atoms with Crippen molar-refractivity contribution in [3.8, 4) is 5.75 Å². The van der Waals surface area contributed by atoms with Crippen LogP contribution in [0.2, 0.25) is 5.02 Å². The molecule has 216 valence electrons. The zero-order chi connectivity index (χ0) is 28.6. The van der Waals surface area contributed by atoms with E-state index >= 15 is 0 Å². The van der Waals surface area contributed by atoms with Gasteiger partial charge in [-0.15, -0.1) is 0 Å². The summed E-state index contributed by atoms with van der Waals surface area (Å²) in [6, 6.07) is 4.19. The molecule has 0 amide bonds. The van der Waals surface area contributed by atoms with E-state index < -0.39 is 15.1 Å². The Kier molecular flexibility index (Phi) is 8.23. The Morgan fingerprint density at radius 2 is 1.88 bits per heavy atom. The monoisotopic (exact) mass is 589 g/mol. The Morgan fingerprint density at radius 1 is 1.15 bits per heavy atom. The van der Waals surface area contributed by atoms with Crippen LogP contribution < -0.4 is 15.4 Å². The fourth-order valence-corrected chi connectivity index (χ4v) is 6.08. The molecule has 2 aromatic heterocycles. The molecule has 2 aliphatic rings. The highest BCUT2D eigenvalue weighted by Gasteiger charge is 2.29. The van der Waals surface area contributed by atoms with Gasteiger partial charge < -0.3 is 20.5 Å². The molecular formula is C27H36ClN7O4S. The van der Waals surface area contributed by atoms with Crippen molar-refractivity contribution >= 4 is 44.6 Å². The molecule has 40 heavy (non-hydrogen) atoms. The summed E-state index contributed by atoms with van der Waals surface area (Å²) in [5, 5.41) is 19.5. The number of hydrogen-bond donors (Lipinski definition) is 3. The molecule has 0 atom stereocenters. The van der Waals surface area contributed by atoms with Crippen LogP contribution in [0.4, 0.5) is 23.1 Å². The molecule has 1 aliphatic carbocycles. The average molecular weight is 590 g/mol. The molecule has 1 aromatic carbocycles. The Bertz CT molecular complexity index is 1480. The molecule has 1 saturated heterocycles. The first kappa shape index (κ1) is 28.6. The van der Waals surface area contributed by atoms with Gasteiger partial charge in [0.05, 0.1) is 35.7 Å². The molecule has 1 saturated carbocycles. The van der Waals surface area contributed by atoms with Gasteiger partial charge in [0, 0.05) is 26.3 Å². The number of aryl methyl sites for hydroxylation is 2. The van der Waals surface area contributed by atoms with Crippen molar-refractivity contribution in [3.05, 3.63) is 40.7 Å². The van der Waals surface area contributed by atoms with E-state index in [4.69, 9.17) is 16.3 Å². The van der Waals surface area contributed by atoms with Gasteiger partial charge in [-0.3, -0.25) is 9.58 Å². The largest absolute Gasteiger partial charge is 0.488 e. The number of sulfone groups is 1. The van der Waals surface area contributed by atoms with E-state index in [1.807, 2.05) is 0 Å². The first-order valence-electron chi connectivity index (χ1n) is 13.5. The van der Waals surface area contributed by atoms with E-state index in [9.17, 15) is 13.5 Å². The SMILES string of the molecule is Cc1cc(Nc2ncc(Cl)c(Nc3cn(C)nc3S(=O)(=O)C(C)C)n2)c(OC2CC2)cc1C1CCN(CO)CC1. The molecule has 3 heterocycles. The molecule has 1 aliphatic heterocycles. The molecule has 3 aromatic rings. The van der Waals surface area contributed by atoms with Crippen LogP contribution in [-0.4, -0.2) is 69.3 Å². The van der Waals surface area contributed by atoms with Gasteiger partial charge in [-0.25, -0.2) is 13.4 Å². The smallest absolute Gasteiger partial charge is 0.229 e. The lowest BCUT2D eigenvalue weighted by Gasteiger charge is -2.31. The van der Waals surface area contributed by atoms with Crippen LogP contribution in [0, 0.1) is 6.92 Å². The van der Waals surface area contributed by atoms with E-state index in [1.165, 1.54) is 16.4 Å². The summed E-state index contributed by atoms with van der Waals surface area (Å²) in [6.45, 7) is 7.14. The summed E-state index contributed by atoms with van der Waals surface area (Å²) in [6.07, 6.45) is 7.25. The van der Waals surface area contributed by atoms with Crippen molar-refractivity contribution in [3.63, 3.8) is 0 Å². The van der Waals surface area contributed by atoms with E-state index in [-0.39, 0.29) is 40.3 Å². The Morgan fingerprint density at radius 3 is 2.52 bits per heavy atom. The van der Waals surface area contributed by atoms with Gasteiger partial charge >= 0.3 is 0 Å². The fourth-order valence-electron chi connectivity index (χ4n) is 4.84. The summed E-state index contributed by atoms with van der Waals surface area (Å²) < 4.78 is 33.5. The minimum Gasteiger partial charge on any atom is -0.488 e. The van der Waals surface area contributed by atoms with Crippen LogP contribution in [0.15, 0.2) is 29.6 Å². The highest BCUT2D eigenvalue weighted by atomic mass is 35.5. The molecule has 0 radical (unpaired) electrons. The van der Waals surface area contributed by atoms with Gasteiger partial charge in [-0.1, -0.05) is 11.6 Å². The molecule has 0 spiro atoms. The molecular weight excluding hydrogens is 554 g/mol. The number of aliphatic hydroxyl groups excluding tert-OH is 1. The van der Waals surface area contributed by atoms with Gasteiger partial charge in [-0.2, -0.15) is 10.1 Å². The Hall–Kier alpha value is -2.93. The quantitative estimate of drug-likeness (QED) is 0.310. The van der Waals surface area contributed by atoms with Crippen LogP contribution >= 0.6 is 11.6 Å². The van der Waals surface area contributed by atoms with E-state index in [1.54, 1.807) is 27.1 Å². The number of aromatic nitrogens is 4. The van der Waals surface area contributed by atoms with Gasteiger partial charge in [0.25, 0.3) is 0 Å². The number of likely N-dealkylation sites (tertiary alicyclic amines) is 1. The van der Waals surface area contributed by atoms with Crippen LogP contribution in [0.3, 0.4) is 0 Å². The lowest BCUT2D eigenvalue weighted by atomic mass is 9.86. The number of rotatable bonds is 10. The predicted molar refractivity (Wildman–Crippen MR) is 155 cm³/mol. The number of aliphatic hydroxyl groups is 1. The highest BCUT2D eigenvalue weighted by molar-refractivity contribution is 7.92. The van der Waals surface area contributed by atoms with Crippen LogP contribution in [0.25, 0.3) is 0 Å². The van der Waals surface area contributed by atoms with Gasteiger partial charge in [0.1, 0.15) is 10.8 Å². The summed E-state index contributed by atoms with van der Waals surface area (Å²) in [4.78, 5) is 11.0. The molecule has 5 rings (SSSR count). The van der Waals surface area contributed by atoms with Gasteiger partial charge in [0.2, 0.25) is 20.8 Å². The van der Waals surface area contributed by atoms with Crippen molar-refractivity contribution in [1.29, 1.82) is 0 Å². The second-order valence-corrected chi connectivity index (χ2v) is 13.6. The van der Waals surface area contributed by atoms with Crippen LogP contribution in [0.5, 0.6) is 5.75 Å². The number of benzene rings is 1. The predicted octanol–water partition coefficient (Wildman–Crippen LogP) is 4.51. The van der Waals surface area contributed by atoms with Crippen molar-refractivity contribution in [1.82, 2.24) is 24.6 Å². The van der Waals surface area contributed by atoms with Crippen molar-refractivity contribution < 1.29 is 18.3 Å². The molecule has 2 fully saturated rings. The van der Waals surface area contributed by atoms with Crippen molar-refractivity contribution in [2.45, 2.75) is 68.8 Å². The maximum absolute atomic E-state index is 12.9. The molecule has 0 unspecified atom stereocenters. The van der Waals surface area contributed by atoms with Crippen LogP contribution in [0.1, 0.15) is 56.6 Å². The minimum atomic E-state index is -3.64. The Balaban J connectivity index is 1.42. The topological polar surface area (TPSA) is 134 Å². The first-order valence-corrected chi connectivity index (χ1v) is 15.5. The summed E-state index contributed by atoms with van der Waals surface area (Å²) in [5.74, 6) is 1.68. The number of nitrogens with zero attached hydrogens (tertiary/aromatic N) is 5. The number of piperidine rings is 1. The third kappa shape index (κ3) is 6.19. The Labute approximate surface area is 239 Å². The summed E-state index contributed by atoms with van der Waals surface area (Å²) in [7, 11) is -1.99. The van der Waals surface area contributed by atoms with Crippen LogP contribution in [-0.2, 0) is 16.9 Å². The lowest BCUT2D eigenvalue weighted by molar-refractivity contribution is 0.0836. The number of nitrogens with one attached hydrogen (secondary N) is 2. The normalized spacial score (nSPS) is 16.9. The second-order valence-electron chi connectivity index (χ2n) is 10.8. The highest BCUT2D eigenvalue weighted by Crippen LogP contribution is 2.40. The second kappa shape index (κ2) is 11.5. The van der Waals surface area contributed by atoms with E-state index in [2.05, 4.69) is 49.7 Å². The van der Waals surface area contributed by atoms with E-state index in [0.717, 1.165) is 55.8 Å². The van der Waals surface area contributed by atoms with Crippen molar-refractivity contribution in [2.24, 2.45) is 7.05 Å². The molecule has 11 nitrogen and oxygen atoms in total. The van der Waals surface area contributed by atoms with E-state index in [0.29, 0.717) is 5.92 Å². The molecule has 13 heteroatoms. The third-order valence-electron chi connectivity index (χ3n) is 7.34. The molecule has 3 N–H and O–H groups in total. The third-order valence-corrected chi connectivity index (χ3v) is 9.70. The van der Waals surface area contributed by atoms with Crippen molar-refractivity contribution in [2.75, 3.05) is 30.5 Å². The maximum Gasteiger partial charge on any atom is 0.229 e. The number of halogens is 1. The maximum atomic E-state index is 12.9. The minimum absolute atomic E-state index is 0.0645. The lowest BCUT2D eigenvalue weighted by Crippen LogP contribution is -2.33. The molecule has 0 bridgehead atoms. The fraction of sp³-hybridized carbons (Fsp3) is 0.519. The number of hydrogen-bond acceptors (Lipinski definition) is 10. The summed E-state index contributed by atoms with van der Waals surface area (Å²) in [5.41, 5.74) is 3.43. The first-order chi connectivity index (χ1) is 19.0. The standard InChI is InChI=1S/C27H36ClN7O4S/c1-16(2)40(37,38)26-23(14-34(4)33-26)30-25-21(28)13-29-27(32-25)31-22-11-17(3)20(12-24(22)39-19-5-6-19)18-7-9-35(15-36)10-8-18/h11-14,16,18-19,36H,5-10,15H2,1-4H3,(H2,29,30,31,32). The zero-order valence-electron chi connectivity index (χ0n) is 23.2. The average Bonchev–Trinajstić information content (AvgIpc) is 3.66. The number of anilines is 4. The van der Waals surface area contributed by atoms with Gasteiger partial charge in [-0.05, 0) is 75.6 Å².